The Bertz CT molecular complexity index is 813. The molecule has 0 heterocycles. The Balaban J connectivity index is 2.34. The van der Waals surface area contributed by atoms with Crippen LogP contribution in [0.3, 0.4) is 0 Å². The molecule has 0 aliphatic carbocycles. The first-order valence-electron chi connectivity index (χ1n) is 7.88. The number of ketones is 1. The third-order valence-electron chi connectivity index (χ3n) is 3.45. The van der Waals surface area contributed by atoms with Crippen LogP contribution in [0.5, 0.6) is 0 Å². The Morgan fingerprint density at radius 1 is 1.15 bits per heavy atom. The fourth-order valence-electron chi connectivity index (χ4n) is 2.19. The summed E-state index contributed by atoms with van der Waals surface area (Å²) in [6.45, 7) is 1.63. The van der Waals surface area contributed by atoms with E-state index in [4.69, 9.17) is 16.3 Å². The van der Waals surface area contributed by atoms with E-state index in [1.807, 2.05) is 0 Å². The van der Waals surface area contributed by atoms with Crippen LogP contribution in [-0.2, 0) is 10.9 Å². The molecule has 2 N–H and O–H groups in total. The molecule has 0 fully saturated rings. The number of halogens is 4. The smallest absolute Gasteiger partial charge is 0.416 e. The molecule has 27 heavy (non-hydrogen) atoms. The van der Waals surface area contributed by atoms with Crippen LogP contribution in [0.25, 0.3) is 0 Å². The first-order valence-corrected chi connectivity index (χ1v) is 8.26. The average molecular weight is 401 g/mol. The van der Waals surface area contributed by atoms with Crippen molar-refractivity contribution in [1.82, 2.24) is 5.32 Å². The van der Waals surface area contributed by atoms with Crippen LogP contribution < -0.4 is 10.6 Å². The van der Waals surface area contributed by atoms with E-state index >= 15 is 0 Å². The maximum atomic E-state index is 12.9. The van der Waals surface area contributed by atoms with Gasteiger partial charge in [-0.25, -0.2) is 4.79 Å². The number of amides is 1. The van der Waals surface area contributed by atoms with Crippen LogP contribution in [0.1, 0.15) is 22.8 Å². The summed E-state index contributed by atoms with van der Waals surface area (Å²) in [6, 6.07) is 10.6. The molecule has 1 atom stereocenters. The summed E-state index contributed by atoms with van der Waals surface area (Å²) in [4.78, 5) is 24.4. The number of carbonyl (C=O) groups excluding carboxylic acids is 2. The van der Waals surface area contributed by atoms with Crippen molar-refractivity contribution in [2.75, 3.05) is 11.9 Å². The second-order valence-electron chi connectivity index (χ2n) is 5.36. The number of anilines is 1. The van der Waals surface area contributed by atoms with Crippen LogP contribution in [0.15, 0.2) is 48.5 Å². The Hall–Kier alpha value is -2.74. The van der Waals surface area contributed by atoms with Gasteiger partial charge in [-0.2, -0.15) is 13.2 Å². The molecule has 0 aromatic heterocycles. The van der Waals surface area contributed by atoms with Gasteiger partial charge in [-0.15, -0.1) is 0 Å². The summed E-state index contributed by atoms with van der Waals surface area (Å²) in [5, 5.41) is 4.80. The molecule has 0 unspecified atom stereocenters. The summed E-state index contributed by atoms with van der Waals surface area (Å²) in [5.41, 5.74) is -0.857. The number of hydrogen-bond donors (Lipinski definition) is 2. The van der Waals surface area contributed by atoms with Crippen molar-refractivity contribution in [2.45, 2.75) is 19.3 Å². The number of hydrogen-bond acceptors (Lipinski definition) is 4. The van der Waals surface area contributed by atoms with Crippen molar-refractivity contribution in [1.29, 1.82) is 0 Å². The molecule has 0 spiro atoms. The lowest BCUT2D eigenvalue weighted by Crippen LogP contribution is -2.46. The van der Waals surface area contributed by atoms with Crippen LogP contribution in [0, 0.1) is 0 Å². The maximum absolute atomic E-state index is 12.9. The summed E-state index contributed by atoms with van der Waals surface area (Å²) in [5.74, 6) is -0.572. The molecule has 2 aromatic carbocycles. The van der Waals surface area contributed by atoms with E-state index in [0.29, 0.717) is 0 Å². The molecule has 0 radical (unpaired) electrons. The fourth-order valence-corrected chi connectivity index (χ4v) is 2.37. The molecule has 0 aliphatic rings. The maximum Gasteiger partial charge on any atom is 0.416 e. The van der Waals surface area contributed by atoms with Gasteiger partial charge in [-0.1, -0.05) is 41.9 Å². The highest BCUT2D eigenvalue weighted by atomic mass is 35.5. The van der Waals surface area contributed by atoms with Crippen LogP contribution in [0.2, 0.25) is 5.02 Å². The molecule has 5 nitrogen and oxygen atoms in total. The lowest BCUT2D eigenvalue weighted by Gasteiger charge is -2.21. The number of Topliss-reactive ketones (excluding diaryl/α,β-unsaturated/α-hetero) is 1. The van der Waals surface area contributed by atoms with E-state index < -0.39 is 29.8 Å². The molecule has 1 amide bonds. The second kappa shape index (κ2) is 8.77. The number of rotatable bonds is 6. The molecule has 0 bridgehead atoms. The summed E-state index contributed by atoms with van der Waals surface area (Å²) >= 11 is 5.95. The normalized spacial score (nSPS) is 12.2. The highest BCUT2D eigenvalue weighted by molar-refractivity contribution is 6.33. The Morgan fingerprint density at radius 3 is 2.41 bits per heavy atom. The minimum Gasteiger partial charge on any atom is -0.450 e. The Labute approximate surface area is 158 Å². The predicted molar refractivity (Wildman–Crippen MR) is 94.8 cm³/mol. The van der Waals surface area contributed by atoms with E-state index in [0.717, 1.165) is 18.2 Å². The second-order valence-corrected chi connectivity index (χ2v) is 5.77. The van der Waals surface area contributed by atoms with Gasteiger partial charge in [0.2, 0.25) is 5.78 Å². The van der Waals surface area contributed by atoms with Crippen LogP contribution in [-0.4, -0.2) is 24.6 Å². The third kappa shape index (κ3) is 5.62. The summed E-state index contributed by atoms with van der Waals surface area (Å²) in [6.07, 6.45) is -6.87. The Kier molecular flexibility index (Phi) is 6.68. The lowest BCUT2D eigenvalue weighted by atomic mass is 10.1. The molecule has 2 rings (SSSR count). The molecule has 0 saturated carbocycles. The summed E-state index contributed by atoms with van der Waals surface area (Å²) < 4.78 is 43.6. The van der Waals surface area contributed by atoms with Gasteiger partial charge in [-0.3, -0.25) is 10.1 Å². The number of carbonyl (C=O) groups is 2. The molecule has 0 saturated heterocycles. The van der Waals surface area contributed by atoms with Gasteiger partial charge < -0.3 is 10.1 Å². The molecular formula is C18H16ClF3N2O3. The van der Waals surface area contributed by atoms with Gasteiger partial charge in [-0.05, 0) is 25.1 Å². The van der Waals surface area contributed by atoms with Crippen molar-refractivity contribution in [3.63, 3.8) is 0 Å². The first kappa shape index (κ1) is 20.6. The fraction of sp³-hybridized carbons (Fsp3) is 0.222. The van der Waals surface area contributed by atoms with Gasteiger partial charge in [0.05, 0.1) is 22.9 Å². The lowest BCUT2D eigenvalue weighted by molar-refractivity contribution is -0.137. The van der Waals surface area contributed by atoms with Crippen molar-refractivity contribution >= 4 is 29.2 Å². The highest BCUT2D eigenvalue weighted by Crippen LogP contribution is 2.34. The third-order valence-corrected chi connectivity index (χ3v) is 3.78. The van der Waals surface area contributed by atoms with E-state index in [1.165, 1.54) is 12.1 Å². The Morgan fingerprint density at radius 2 is 1.81 bits per heavy atom. The van der Waals surface area contributed by atoms with Gasteiger partial charge in [0.1, 0.15) is 0 Å². The van der Waals surface area contributed by atoms with Gasteiger partial charge in [0.25, 0.3) is 0 Å². The monoisotopic (exact) mass is 400 g/mol. The minimum atomic E-state index is -4.59. The van der Waals surface area contributed by atoms with E-state index in [1.54, 1.807) is 25.1 Å². The zero-order valence-corrected chi connectivity index (χ0v) is 14.9. The molecule has 2 aromatic rings. The zero-order chi connectivity index (χ0) is 20.0. The number of alkyl carbamates (subject to hydrolysis) is 1. The van der Waals surface area contributed by atoms with Gasteiger partial charge in [0, 0.05) is 5.56 Å². The topological polar surface area (TPSA) is 67.4 Å². The van der Waals surface area contributed by atoms with Gasteiger partial charge >= 0.3 is 12.3 Å². The number of benzene rings is 2. The van der Waals surface area contributed by atoms with Gasteiger partial charge in [0.15, 0.2) is 6.17 Å². The van der Waals surface area contributed by atoms with Crippen molar-refractivity contribution in [3.05, 3.63) is 64.7 Å². The van der Waals surface area contributed by atoms with E-state index in [2.05, 4.69) is 10.6 Å². The van der Waals surface area contributed by atoms with Crippen molar-refractivity contribution in [2.24, 2.45) is 0 Å². The molecule has 9 heteroatoms. The van der Waals surface area contributed by atoms with E-state index in [9.17, 15) is 22.8 Å². The number of nitrogens with one attached hydrogen (secondary N) is 2. The van der Waals surface area contributed by atoms with Crippen LogP contribution in [0.4, 0.5) is 23.7 Å². The number of alkyl halides is 3. The highest BCUT2D eigenvalue weighted by Gasteiger charge is 2.32. The first-order chi connectivity index (χ1) is 12.7. The number of ether oxygens (including phenoxy) is 1. The minimum absolute atomic E-state index is 0.0421. The van der Waals surface area contributed by atoms with Crippen molar-refractivity contribution in [3.8, 4) is 0 Å². The van der Waals surface area contributed by atoms with Crippen molar-refractivity contribution < 1.29 is 27.5 Å². The zero-order valence-electron chi connectivity index (χ0n) is 14.1. The standard InChI is InChI=1S/C18H16ClF3N2O3/c1-2-27-17(26)24-16(15(25)11-6-4-3-5-7-11)23-14-10-12(18(20,21)22)8-9-13(14)19/h3-10,16,23H,2H2,1H3,(H,24,26)/t16-/m0/s1. The molecule has 0 aliphatic heterocycles. The van der Waals surface area contributed by atoms with E-state index in [-0.39, 0.29) is 22.9 Å². The largest absolute Gasteiger partial charge is 0.450 e. The van der Waals surface area contributed by atoms with Crippen LogP contribution >= 0.6 is 11.6 Å². The molecular weight excluding hydrogens is 385 g/mol. The quantitative estimate of drug-likeness (QED) is 0.543. The summed E-state index contributed by atoms with van der Waals surface area (Å²) in [7, 11) is 0. The molecule has 144 valence electrons. The average Bonchev–Trinajstić information content (AvgIpc) is 2.62. The SMILES string of the molecule is CCOC(=O)N[C@H](Nc1cc(C(F)(F)F)ccc1Cl)C(=O)c1ccccc1. The predicted octanol–water partition coefficient (Wildman–Crippen LogP) is 4.73.